The minimum Gasteiger partial charge on any atom is -0.449 e. The summed E-state index contributed by atoms with van der Waals surface area (Å²) in [5.41, 5.74) is 4.90. The van der Waals surface area contributed by atoms with Crippen LogP contribution in [0.1, 0.15) is 29.9 Å². The van der Waals surface area contributed by atoms with Crippen LogP contribution in [-0.2, 0) is 4.74 Å². The van der Waals surface area contributed by atoms with Gasteiger partial charge in [-0.1, -0.05) is 48.5 Å². The van der Waals surface area contributed by atoms with Crippen LogP contribution in [0.3, 0.4) is 0 Å². The monoisotopic (exact) mass is 366 g/mol. The molecule has 2 N–H and O–H groups in total. The number of rotatable bonds is 5. The SMILES string of the molecule is O=C(NCCN1CCC(O)CC1)OCC1c2ccccc2-c2ccccc21. The van der Waals surface area contributed by atoms with Crippen molar-refractivity contribution < 1.29 is 14.6 Å². The molecule has 0 spiro atoms. The van der Waals surface area contributed by atoms with Crippen LogP contribution < -0.4 is 5.32 Å². The molecule has 1 aliphatic carbocycles. The average molecular weight is 366 g/mol. The van der Waals surface area contributed by atoms with Crippen LogP contribution in [0.4, 0.5) is 4.79 Å². The predicted octanol–water partition coefficient (Wildman–Crippen LogP) is 2.98. The molecular weight excluding hydrogens is 340 g/mol. The summed E-state index contributed by atoms with van der Waals surface area (Å²) in [6.07, 6.45) is 1.08. The Bertz CT molecular complexity index is 754. The number of aliphatic hydroxyl groups excluding tert-OH is 1. The van der Waals surface area contributed by atoms with E-state index >= 15 is 0 Å². The lowest BCUT2D eigenvalue weighted by atomic mass is 9.98. The molecule has 5 heteroatoms. The maximum Gasteiger partial charge on any atom is 0.407 e. The number of hydrogen-bond acceptors (Lipinski definition) is 4. The number of aliphatic hydroxyl groups is 1. The first kappa shape index (κ1) is 18.0. The number of alkyl carbamates (subject to hydrolysis) is 1. The fraction of sp³-hybridized carbons (Fsp3) is 0.409. The highest BCUT2D eigenvalue weighted by Crippen LogP contribution is 2.44. The van der Waals surface area contributed by atoms with E-state index in [2.05, 4.69) is 34.5 Å². The number of nitrogens with one attached hydrogen (secondary N) is 1. The van der Waals surface area contributed by atoms with Gasteiger partial charge in [0.2, 0.25) is 0 Å². The summed E-state index contributed by atoms with van der Waals surface area (Å²) in [6, 6.07) is 16.7. The number of nitrogens with zero attached hydrogens (tertiary/aromatic N) is 1. The lowest BCUT2D eigenvalue weighted by Crippen LogP contribution is -2.41. The molecule has 2 aromatic rings. The van der Waals surface area contributed by atoms with E-state index < -0.39 is 0 Å². The van der Waals surface area contributed by atoms with Crippen molar-refractivity contribution in [2.24, 2.45) is 0 Å². The van der Waals surface area contributed by atoms with Gasteiger partial charge in [0.15, 0.2) is 0 Å². The van der Waals surface area contributed by atoms with E-state index in [9.17, 15) is 9.90 Å². The number of benzene rings is 2. The molecule has 0 aromatic heterocycles. The summed E-state index contributed by atoms with van der Waals surface area (Å²) in [5, 5.41) is 12.4. The van der Waals surface area contributed by atoms with Gasteiger partial charge in [0.05, 0.1) is 6.10 Å². The summed E-state index contributed by atoms with van der Waals surface area (Å²) in [6.45, 7) is 3.46. The minimum atomic E-state index is -0.367. The third-order valence-electron chi connectivity index (χ3n) is 5.60. The van der Waals surface area contributed by atoms with Crippen molar-refractivity contribution in [2.75, 3.05) is 32.8 Å². The number of carbonyl (C=O) groups excluding carboxylic acids is 1. The van der Waals surface area contributed by atoms with E-state index in [1.54, 1.807) is 0 Å². The molecule has 1 amide bonds. The van der Waals surface area contributed by atoms with Gasteiger partial charge in [0.25, 0.3) is 0 Å². The van der Waals surface area contributed by atoms with Crippen molar-refractivity contribution in [2.45, 2.75) is 24.9 Å². The second-order valence-corrected chi connectivity index (χ2v) is 7.33. The molecule has 0 saturated carbocycles. The topological polar surface area (TPSA) is 61.8 Å². The van der Waals surface area contributed by atoms with Crippen molar-refractivity contribution in [1.82, 2.24) is 10.2 Å². The maximum absolute atomic E-state index is 12.1. The lowest BCUT2D eigenvalue weighted by Gasteiger charge is -2.29. The molecule has 5 nitrogen and oxygen atoms in total. The maximum atomic E-state index is 12.1. The third kappa shape index (κ3) is 3.99. The van der Waals surface area contributed by atoms with Gasteiger partial charge in [-0.25, -0.2) is 4.79 Å². The summed E-state index contributed by atoms with van der Waals surface area (Å²) in [7, 11) is 0. The minimum absolute atomic E-state index is 0.0896. The van der Waals surface area contributed by atoms with Crippen molar-refractivity contribution in [3.05, 3.63) is 59.7 Å². The number of hydrogen-bond donors (Lipinski definition) is 2. The van der Waals surface area contributed by atoms with Crippen LogP contribution >= 0.6 is 0 Å². The van der Waals surface area contributed by atoms with E-state index in [0.717, 1.165) is 32.5 Å². The fourth-order valence-corrected chi connectivity index (χ4v) is 4.11. The van der Waals surface area contributed by atoms with Crippen LogP contribution in [-0.4, -0.2) is 55.0 Å². The fourth-order valence-electron chi connectivity index (χ4n) is 4.11. The zero-order valence-corrected chi connectivity index (χ0v) is 15.4. The van der Waals surface area contributed by atoms with Crippen molar-refractivity contribution >= 4 is 6.09 Å². The molecule has 1 fully saturated rings. The highest BCUT2D eigenvalue weighted by molar-refractivity contribution is 5.79. The van der Waals surface area contributed by atoms with Crippen LogP contribution in [0.25, 0.3) is 11.1 Å². The Morgan fingerprint density at radius 3 is 2.26 bits per heavy atom. The molecule has 4 rings (SSSR count). The highest BCUT2D eigenvalue weighted by Gasteiger charge is 2.29. The Morgan fingerprint density at radius 2 is 1.63 bits per heavy atom. The van der Waals surface area contributed by atoms with Gasteiger partial charge < -0.3 is 20.1 Å². The molecule has 0 unspecified atom stereocenters. The van der Waals surface area contributed by atoms with E-state index in [4.69, 9.17) is 4.74 Å². The second-order valence-electron chi connectivity index (χ2n) is 7.33. The summed E-state index contributed by atoms with van der Waals surface area (Å²) in [5.74, 6) is 0.0896. The largest absolute Gasteiger partial charge is 0.449 e. The van der Waals surface area contributed by atoms with Gasteiger partial charge in [0.1, 0.15) is 6.61 Å². The second kappa shape index (κ2) is 8.11. The Morgan fingerprint density at radius 1 is 1.04 bits per heavy atom. The van der Waals surface area contributed by atoms with E-state index in [-0.39, 0.29) is 18.1 Å². The molecule has 2 aromatic carbocycles. The summed E-state index contributed by atoms with van der Waals surface area (Å²) < 4.78 is 5.54. The first-order chi connectivity index (χ1) is 13.2. The Hall–Kier alpha value is -2.37. The van der Waals surface area contributed by atoms with Gasteiger partial charge in [0, 0.05) is 32.1 Å². The van der Waals surface area contributed by atoms with E-state index in [0.29, 0.717) is 13.2 Å². The van der Waals surface area contributed by atoms with Crippen molar-refractivity contribution in [3.8, 4) is 11.1 Å². The van der Waals surface area contributed by atoms with Crippen LogP contribution in [0.15, 0.2) is 48.5 Å². The Kier molecular flexibility index (Phi) is 5.41. The quantitative estimate of drug-likeness (QED) is 0.854. The first-order valence-electron chi connectivity index (χ1n) is 9.71. The Labute approximate surface area is 160 Å². The molecule has 142 valence electrons. The zero-order chi connectivity index (χ0) is 18.6. The van der Waals surface area contributed by atoms with E-state index in [1.807, 2.05) is 24.3 Å². The number of ether oxygens (including phenoxy) is 1. The van der Waals surface area contributed by atoms with Crippen LogP contribution in [0.5, 0.6) is 0 Å². The molecule has 1 saturated heterocycles. The van der Waals surface area contributed by atoms with Gasteiger partial charge in [-0.2, -0.15) is 0 Å². The van der Waals surface area contributed by atoms with Crippen molar-refractivity contribution in [1.29, 1.82) is 0 Å². The number of fused-ring (bicyclic) bond motifs is 3. The number of piperidine rings is 1. The van der Waals surface area contributed by atoms with Gasteiger partial charge in [-0.05, 0) is 35.1 Å². The Balaban J connectivity index is 1.29. The predicted molar refractivity (Wildman–Crippen MR) is 105 cm³/mol. The van der Waals surface area contributed by atoms with Gasteiger partial charge in [-0.15, -0.1) is 0 Å². The number of carbonyl (C=O) groups is 1. The number of likely N-dealkylation sites (tertiary alicyclic amines) is 1. The van der Waals surface area contributed by atoms with Gasteiger partial charge in [-0.3, -0.25) is 0 Å². The summed E-state index contributed by atoms with van der Waals surface area (Å²) >= 11 is 0. The smallest absolute Gasteiger partial charge is 0.407 e. The zero-order valence-electron chi connectivity index (χ0n) is 15.4. The van der Waals surface area contributed by atoms with Crippen molar-refractivity contribution in [3.63, 3.8) is 0 Å². The molecule has 2 aliphatic rings. The molecule has 1 heterocycles. The normalized spacial score (nSPS) is 17.4. The summed E-state index contributed by atoms with van der Waals surface area (Å²) in [4.78, 5) is 14.4. The average Bonchev–Trinajstić information content (AvgIpc) is 3.02. The molecular formula is C22H26N2O3. The molecule has 27 heavy (non-hydrogen) atoms. The lowest BCUT2D eigenvalue weighted by molar-refractivity contribution is 0.0821. The van der Waals surface area contributed by atoms with Crippen LogP contribution in [0.2, 0.25) is 0 Å². The van der Waals surface area contributed by atoms with Gasteiger partial charge >= 0.3 is 6.09 Å². The molecule has 0 atom stereocenters. The molecule has 0 bridgehead atoms. The highest BCUT2D eigenvalue weighted by atomic mass is 16.5. The number of amides is 1. The van der Waals surface area contributed by atoms with Crippen LogP contribution in [0, 0.1) is 0 Å². The molecule has 0 radical (unpaired) electrons. The molecule has 1 aliphatic heterocycles. The standard InChI is InChI=1S/C22H26N2O3/c25-16-9-12-24(13-10-16)14-11-23-22(26)27-15-21-19-7-3-1-5-17(19)18-6-2-4-8-20(18)21/h1-8,16,21,25H,9-15H2,(H,23,26). The third-order valence-corrected chi connectivity index (χ3v) is 5.60. The first-order valence-corrected chi connectivity index (χ1v) is 9.71. The van der Waals surface area contributed by atoms with E-state index in [1.165, 1.54) is 22.3 Å².